The van der Waals surface area contributed by atoms with Crippen LogP contribution in [0.25, 0.3) is 4.85 Å². The van der Waals surface area contributed by atoms with E-state index in [9.17, 15) is 0 Å². The van der Waals surface area contributed by atoms with E-state index in [0.717, 1.165) is 0 Å². The van der Waals surface area contributed by atoms with Crippen LogP contribution in [0.15, 0.2) is 0 Å². The lowest BCUT2D eigenvalue weighted by Crippen LogP contribution is -2.35. The third-order valence-corrected chi connectivity index (χ3v) is 2.42. The fourth-order valence-corrected chi connectivity index (χ4v) is 1.43. The smallest absolute Gasteiger partial charge is 0.237 e. The van der Waals surface area contributed by atoms with E-state index < -0.39 is 0 Å². The van der Waals surface area contributed by atoms with Crippen LogP contribution < -0.4 is 0 Å². The largest absolute Gasteiger partial charge is 0.380 e. The van der Waals surface area contributed by atoms with Crippen molar-refractivity contribution in [2.24, 2.45) is 5.41 Å². The van der Waals surface area contributed by atoms with Crippen LogP contribution in [-0.4, -0.2) is 46.2 Å². The van der Waals surface area contributed by atoms with Gasteiger partial charge in [0, 0.05) is 5.41 Å². The molecule has 6 nitrogen and oxygen atoms in total. The zero-order valence-electron chi connectivity index (χ0n) is 11.9. The van der Waals surface area contributed by atoms with E-state index in [2.05, 4.69) is 4.85 Å². The first-order valence-corrected chi connectivity index (χ1v) is 6.49. The highest BCUT2D eigenvalue weighted by atomic mass is 16.5. The van der Waals surface area contributed by atoms with Crippen LogP contribution in [-0.2, 0) is 14.2 Å². The summed E-state index contributed by atoms with van der Waals surface area (Å²) in [6.07, 6.45) is 0.702. The molecule has 20 heavy (non-hydrogen) atoms. The minimum Gasteiger partial charge on any atom is -0.380 e. The highest BCUT2D eigenvalue weighted by Gasteiger charge is 2.26. The normalized spacial score (nSPS) is 10.5. The van der Waals surface area contributed by atoms with Crippen LogP contribution in [0.4, 0.5) is 0 Å². The topological polar surface area (TPSA) is 79.6 Å². The minimum absolute atomic E-state index is 0.334. The van der Waals surface area contributed by atoms with Crippen molar-refractivity contribution < 1.29 is 14.2 Å². The third kappa shape index (κ3) is 10.3. The maximum atomic E-state index is 8.46. The average Bonchev–Trinajstić information content (AvgIpc) is 2.45. The van der Waals surface area contributed by atoms with Crippen LogP contribution >= 0.6 is 0 Å². The molecule has 0 rings (SSSR count). The zero-order valence-corrected chi connectivity index (χ0v) is 11.9. The van der Waals surface area contributed by atoms with E-state index in [1.807, 2.05) is 19.1 Å². The highest BCUT2D eigenvalue weighted by Crippen LogP contribution is 2.18. The first-order valence-electron chi connectivity index (χ1n) is 6.49. The lowest BCUT2D eigenvalue weighted by molar-refractivity contribution is -0.0565. The van der Waals surface area contributed by atoms with Crippen molar-refractivity contribution in [1.29, 1.82) is 10.5 Å². The van der Waals surface area contributed by atoms with E-state index >= 15 is 0 Å². The zero-order chi connectivity index (χ0) is 15.1. The Kier molecular flexibility index (Phi) is 11.4. The summed E-state index contributed by atoms with van der Waals surface area (Å²) in [6.45, 7) is 11.4. The van der Waals surface area contributed by atoms with Gasteiger partial charge in [-0.3, -0.25) is 0 Å². The molecule has 0 spiro atoms. The number of ether oxygens (including phenoxy) is 3. The molecule has 110 valence electrons. The Morgan fingerprint density at radius 2 is 1.40 bits per heavy atom. The number of rotatable bonds is 12. The Morgan fingerprint density at radius 3 is 1.80 bits per heavy atom. The number of nitriles is 2. The van der Waals surface area contributed by atoms with Crippen LogP contribution in [0.5, 0.6) is 0 Å². The molecular weight excluding hydrogens is 258 g/mol. The SMILES string of the molecule is [C-]#[N+]CCOCC(C)(COCCC#N)COCCC#N. The summed E-state index contributed by atoms with van der Waals surface area (Å²) >= 11 is 0. The number of hydrogen-bond acceptors (Lipinski definition) is 5. The minimum atomic E-state index is -0.340. The molecule has 0 aliphatic heterocycles. The van der Waals surface area contributed by atoms with Gasteiger partial charge < -0.3 is 19.1 Å². The molecule has 0 unspecified atom stereocenters. The Bertz CT molecular complexity index is 310. The second-order valence-electron chi connectivity index (χ2n) is 4.67. The molecule has 0 aliphatic carbocycles. The van der Waals surface area contributed by atoms with Crippen molar-refractivity contribution >= 4 is 0 Å². The highest BCUT2D eigenvalue weighted by molar-refractivity contribution is 4.76. The number of hydrogen-bond donors (Lipinski definition) is 0. The molecule has 0 aromatic heterocycles. The Balaban J connectivity index is 4.10. The van der Waals surface area contributed by atoms with Gasteiger partial charge >= 0.3 is 0 Å². The lowest BCUT2D eigenvalue weighted by atomic mass is 9.94. The van der Waals surface area contributed by atoms with Gasteiger partial charge in [-0.15, -0.1) is 0 Å². The standard InChI is InChI=1S/C14H21N3O3/c1-14(11-18-8-3-5-15,12-19-9-4-6-16)13-20-10-7-17-2/h3-4,7-13H2,1H3. The quantitative estimate of drug-likeness (QED) is 0.402. The molecule has 0 atom stereocenters. The van der Waals surface area contributed by atoms with E-state index in [0.29, 0.717) is 59.0 Å². The van der Waals surface area contributed by atoms with Crippen molar-refractivity contribution in [3.05, 3.63) is 11.4 Å². The molecule has 0 heterocycles. The predicted octanol–water partition coefficient (Wildman–Crippen LogP) is 1.79. The van der Waals surface area contributed by atoms with Crippen LogP contribution in [0.3, 0.4) is 0 Å². The summed E-state index contributed by atoms with van der Waals surface area (Å²) in [5.41, 5.74) is -0.340. The summed E-state index contributed by atoms with van der Waals surface area (Å²) < 4.78 is 16.3. The molecule has 0 radical (unpaired) electrons. The van der Waals surface area contributed by atoms with E-state index in [-0.39, 0.29) is 5.41 Å². The first-order chi connectivity index (χ1) is 9.68. The van der Waals surface area contributed by atoms with Crippen molar-refractivity contribution in [1.82, 2.24) is 0 Å². The van der Waals surface area contributed by atoms with Gasteiger partial charge in [0.15, 0.2) is 0 Å². The Labute approximate surface area is 120 Å². The monoisotopic (exact) mass is 279 g/mol. The number of nitrogens with zero attached hydrogens (tertiary/aromatic N) is 3. The van der Waals surface area contributed by atoms with Crippen LogP contribution in [0, 0.1) is 34.6 Å². The predicted molar refractivity (Wildman–Crippen MR) is 72.5 cm³/mol. The fourth-order valence-electron chi connectivity index (χ4n) is 1.43. The molecule has 0 bridgehead atoms. The molecule has 0 aliphatic rings. The van der Waals surface area contributed by atoms with Crippen molar-refractivity contribution in [2.75, 3.05) is 46.2 Å². The van der Waals surface area contributed by atoms with Gasteiger partial charge in [0.1, 0.15) is 6.61 Å². The van der Waals surface area contributed by atoms with E-state index in [4.69, 9.17) is 31.3 Å². The summed E-state index contributed by atoms with van der Waals surface area (Å²) in [5.74, 6) is 0. The van der Waals surface area contributed by atoms with Crippen LogP contribution in [0.2, 0.25) is 0 Å². The maximum absolute atomic E-state index is 8.46. The molecule has 0 saturated heterocycles. The maximum Gasteiger partial charge on any atom is 0.237 e. The second kappa shape index (κ2) is 12.4. The van der Waals surface area contributed by atoms with Gasteiger partial charge in [0.25, 0.3) is 0 Å². The molecule has 0 N–H and O–H groups in total. The van der Waals surface area contributed by atoms with Crippen molar-refractivity contribution in [3.63, 3.8) is 0 Å². The molecular formula is C14H21N3O3. The van der Waals surface area contributed by atoms with Crippen molar-refractivity contribution in [2.45, 2.75) is 19.8 Å². The third-order valence-electron chi connectivity index (χ3n) is 2.42. The molecule has 0 saturated carbocycles. The van der Waals surface area contributed by atoms with E-state index in [1.54, 1.807) is 0 Å². The molecule has 6 heteroatoms. The second-order valence-corrected chi connectivity index (χ2v) is 4.67. The van der Waals surface area contributed by atoms with Gasteiger partial charge in [-0.1, -0.05) is 6.92 Å². The lowest BCUT2D eigenvalue weighted by Gasteiger charge is -2.28. The molecule has 0 amide bonds. The summed E-state index contributed by atoms with van der Waals surface area (Å²) in [6, 6.07) is 4.03. The molecule has 0 aromatic rings. The van der Waals surface area contributed by atoms with Crippen LogP contribution in [0.1, 0.15) is 19.8 Å². The summed E-state index contributed by atoms with van der Waals surface area (Å²) in [4.78, 5) is 3.22. The fraction of sp³-hybridized carbons (Fsp3) is 0.786. The summed E-state index contributed by atoms with van der Waals surface area (Å²) in [7, 11) is 0. The van der Waals surface area contributed by atoms with Gasteiger partial charge in [-0.05, 0) is 0 Å². The Morgan fingerprint density at radius 1 is 0.950 bits per heavy atom. The van der Waals surface area contributed by atoms with Gasteiger partial charge in [0.05, 0.1) is 58.0 Å². The van der Waals surface area contributed by atoms with E-state index in [1.165, 1.54) is 0 Å². The first kappa shape index (κ1) is 18.4. The summed E-state index contributed by atoms with van der Waals surface area (Å²) in [5, 5.41) is 16.9. The molecule has 0 aromatic carbocycles. The average molecular weight is 279 g/mol. The van der Waals surface area contributed by atoms with Gasteiger partial charge in [0.2, 0.25) is 6.54 Å². The molecule has 0 fully saturated rings. The van der Waals surface area contributed by atoms with Gasteiger partial charge in [-0.2, -0.15) is 10.5 Å². The Hall–Kier alpha value is -1.65. The van der Waals surface area contributed by atoms with Crippen molar-refractivity contribution in [3.8, 4) is 12.1 Å². The van der Waals surface area contributed by atoms with Gasteiger partial charge in [-0.25, -0.2) is 6.57 Å².